The molecule has 0 radical (unpaired) electrons. The van der Waals surface area contributed by atoms with Crippen LogP contribution >= 0.6 is 11.3 Å². The van der Waals surface area contributed by atoms with Gasteiger partial charge in [0.05, 0.1) is 29.4 Å². The first-order valence-electron chi connectivity index (χ1n) is 10.8. The average molecular weight is 441 g/mol. The number of benzene rings is 3. The van der Waals surface area contributed by atoms with E-state index in [2.05, 4.69) is 56.3 Å². The predicted molar refractivity (Wildman–Crippen MR) is 131 cm³/mol. The van der Waals surface area contributed by atoms with Gasteiger partial charge in [-0.3, -0.25) is 9.69 Å². The van der Waals surface area contributed by atoms with Gasteiger partial charge in [0.1, 0.15) is 5.76 Å². The molecule has 32 heavy (non-hydrogen) atoms. The zero-order valence-corrected chi connectivity index (χ0v) is 18.9. The van der Waals surface area contributed by atoms with Crippen LogP contribution in [-0.4, -0.2) is 10.9 Å². The van der Waals surface area contributed by atoms with E-state index in [1.807, 2.05) is 30.3 Å². The average Bonchev–Trinajstić information content (AvgIpc) is 3.46. The summed E-state index contributed by atoms with van der Waals surface area (Å²) in [5.74, 6) is 1.10. The van der Waals surface area contributed by atoms with Crippen molar-refractivity contribution in [2.75, 3.05) is 4.90 Å². The van der Waals surface area contributed by atoms with Crippen LogP contribution in [-0.2, 0) is 17.8 Å². The van der Waals surface area contributed by atoms with E-state index < -0.39 is 0 Å². The second-order valence-electron chi connectivity index (χ2n) is 8.26. The lowest BCUT2D eigenvalue weighted by atomic mass is 10.0. The van der Waals surface area contributed by atoms with Gasteiger partial charge in [-0.15, -0.1) is 0 Å². The lowest BCUT2D eigenvalue weighted by Gasteiger charge is -2.19. The second kappa shape index (κ2) is 8.60. The maximum atomic E-state index is 13.5. The molecule has 0 spiro atoms. The van der Waals surface area contributed by atoms with E-state index in [0.29, 0.717) is 24.0 Å². The van der Waals surface area contributed by atoms with Gasteiger partial charge in [-0.1, -0.05) is 79.8 Å². The molecule has 0 N–H and O–H groups in total. The van der Waals surface area contributed by atoms with Crippen molar-refractivity contribution in [1.82, 2.24) is 4.98 Å². The summed E-state index contributed by atoms with van der Waals surface area (Å²) in [5.41, 5.74) is 3.16. The molecule has 3 aromatic carbocycles. The number of nitrogens with zero attached hydrogens (tertiary/aromatic N) is 2. The zero-order valence-electron chi connectivity index (χ0n) is 18.1. The fourth-order valence-electron chi connectivity index (χ4n) is 3.98. The minimum absolute atomic E-state index is 0.00170. The summed E-state index contributed by atoms with van der Waals surface area (Å²) < 4.78 is 6.65. The summed E-state index contributed by atoms with van der Waals surface area (Å²) in [7, 11) is 0. The summed E-state index contributed by atoms with van der Waals surface area (Å²) in [4.78, 5) is 20.2. The molecule has 5 rings (SSSR count). The van der Waals surface area contributed by atoms with Gasteiger partial charge in [0.25, 0.3) is 0 Å². The van der Waals surface area contributed by atoms with Crippen LogP contribution in [0, 0.1) is 0 Å². The minimum atomic E-state index is 0.00170. The first-order chi connectivity index (χ1) is 15.6. The van der Waals surface area contributed by atoms with Crippen molar-refractivity contribution in [2.24, 2.45) is 0 Å². The molecular formula is C27H24N2O2S. The lowest BCUT2D eigenvalue weighted by molar-refractivity contribution is -0.118. The van der Waals surface area contributed by atoms with Crippen molar-refractivity contribution in [3.8, 4) is 0 Å². The van der Waals surface area contributed by atoms with Crippen molar-refractivity contribution >= 4 is 43.4 Å². The molecule has 0 fully saturated rings. The third-order valence-corrected chi connectivity index (χ3v) is 6.70. The number of carbonyl (C=O) groups is 1. The Hall–Kier alpha value is -3.44. The first-order valence-corrected chi connectivity index (χ1v) is 11.6. The van der Waals surface area contributed by atoms with Gasteiger partial charge in [-0.25, -0.2) is 4.98 Å². The number of anilines is 1. The number of furan rings is 1. The lowest BCUT2D eigenvalue weighted by Crippen LogP contribution is -2.31. The van der Waals surface area contributed by atoms with Crippen molar-refractivity contribution in [3.05, 3.63) is 95.9 Å². The highest BCUT2D eigenvalue weighted by molar-refractivity contribution is 7.22. The fourth-order valence-corrected chi connectivity index (χ4v) is 5.00. The SMILES string of the molecule is CC(C)c1cccc2sc(N(Cc3ccco3)C(=O)Cc3ccc4ccccc4c3)nc12. The number of amides is 1. The molecule has 0 aliphatic heterocycles. The first kappa shape index (κ1) is 20.5. The van der Waals surface area contributed by atoms with Crippen LogP contribution in [0.1, 0.15) is 36.7 Å². The van der Waals surface area contributed by atoms with Crippen LogP contribution in [0.3, 0.4) is 0 Å². The standard InChI is InChI=1S/C27H24N2O2S/c1-18(2)23-10-5-11-24-26(23)28-27(32-24)29(17-22-9-6-14-31-22)25(30)16-19-12-13-20-7-3-4-8-21(20)15-19/h3-15,18H,16-17H2,1-2H3. The Labute approximate surface area is 191 Å². The van der Waals surface area contributed by atoms with Crippen LogP contribution < -0.4 is 4.90 Å². The van der Waals surface area contributed by atoms with E-state index >= 15 is 0 Å². The maximum absolute atomic E-state index is 13.5. The van der Waals surface area contributed by atoms with Gasteiger partial charge >= 0.3 is 0 Å². The highest BCUT2D eigenvalue weighted by Gasteiger charge is 2.22. The van der Waals surface area contributed by atoms with Crippen LogP contribution in [0.25, 0.3) is 21.0 Å². The molecule has 0 bridgehead atoms. The smallest absolute Gasteiger partial charge is 0.233 e. The van der Waals surface area contributed by atoms with E-state index in [4.69, 9.17) is 9.40 Å². The van der Waals surface area contributed by atoms with E-state index in [-0.39, 0.29) is 5.91 Å². The highest BCUT2D eigenvalue weighted by Crippen LogP contribution is 2.34. The van der Waals surface area contributed by atoms with Crippen LogP contribution in [0.4, 0.5) is 5.13 Å². The second-order valence-corrected chi connectivity index (χ2v) is 9.27. The van der Waals surface area contributed by atoms with Crippen molar-refractivity contribution in [1.29, 1.82) is 0 Å². The summed E-state index contributed by atoms with van der Waals surface area (Å²) in [6.45, 7) is 4.69. The van der Waals surface area contributed by atoms with Gasteiger partial charge in [0, 0.05) is 0 Å². The molecule has 0 atom stereocenters. The van der Waals surface area contributed by atoms with Gasteiger partial charge < -0.3 is 4.42 Å². The molecule has 0 saturated heterocycles. The van der Waals surface area contributed by atoms with E-state index in [9.17, 15) is 4.79 Å². The minimum Gasteiger partial charge on any atom is -0.467 e. The summed E-state index contributed by atoms with van der Waals surface area (Å²) >= 11 is 1.55. The number of fused-ring (bicyclic) bond motifs is 2. The number of para-hydroxylation sites is 1. The summed E-state index contributed by atoms with van der Waals surface area (Å²) in [5, 5.41) is 3.01. The topological polar surface area (TPSA) is 46.3 Å². The number of carbonyl (C=O) groups excluding carboxylic acids is 1. The van der Waals surface area contributed by atoms with Gasteiger partial charge in [0.15, 0.2) is 5.13 Å². The Balaban J connectivity index is 1.51. The number of hydrogen-bond donors (Lipinski definition) is 0. The van der Waals surface area contributed by atoms with E-state index in [0.717, 1.165) is 26.9 Å². The molecule has 0 unspecified atom stereocenters. The maximum Gasteiger partial charge on any atom is 0.233 e. The van der Waals surface area contributed by atoms with Gasteiger partial charge in [-0.05, 0) is 46.0 Å². The number of aromatic nitrogens is 1. The molecule has 0 aliphatic rings. The number of hydrogen-bond acceptors (Lipinski definition) is 4. The van der Waals surface area contributed by atoms with Crippen LogP contribution in [0.2, 0.25) is 0 Å². The number of rotatable bonds is 6. The third kappa shape index (κ3) is 4.04. The monoisotopic (exact) mass is 440 g/mol. The van der Waals surface area contributed by atoms with Crippen molar-refractivity contribution in [3.63, 3.8) is 0 Å². The Morgan fingerprint density at radius 3 is 2.62 bits per heavy atom. The highest BCUT2D eigenvalue weighted by atomic mass is 32.1. The fraction of sp³-hybridized carbons (Fsp3) is 0.185. The van der Waals surface area contributed by atoms with Crippen molar-refractivity contribution < 1.29 is 9.21 Å². The van der Waals surface area contributed by atoms with E-state index in [1.54, 1.807) is 22.5 Å². The Bertz CT molecular complexity index is 1390. The van der Waals surface area contributed by atoms with Crippen LogP contribution in [0.15, 0.2) is 83.5 Å². The Morgan fingerprint density at radius 2 is 1.84 bits per heavy atom. The quantitative estimate of drug-likeness (QED) is 0.287. The molecule has 0 saturated carbocycles. The molecule has 0 aliphatic carbocycles. The normalized spacial score (nSPS) is 11.5. The largest absolute Gasteiger partial charge is 0.467 e. The molecule has 160 valence electrons. The molecule has 1 amide bonds. The molecule has 2 heterocycles. The van der Waals surface area contributed by atoms with Gasteiger partial charge in [-0.2, -0.15) is 0 Å². The Kier molecular flexibility index (Phi) is 5.50. The van der Waals surface area contributed by atoms with Gasteiger partial charge in [0.2, 0.25) is 5.91 Å². The predicted octanol–water partition coefficient (Wildman–Crippen LogP) is 6.94. The Morgan fingerprint density at radius 1 is 1.00 bits per heavy atom. The molecule has 2 aromatic heterocycles. The van der Waals surface area contributed by atoms with Crippen molar-refractivity contribution in [2.45, 2.75) is 32.7 Å². The molecule has 5 aromatic rings. The molecular weight excluding hydrogens is 416 g/mol. The summed E-state index contributed by atoms with van der Waals surface area (Å²) in [6.07, 6.45) is 1.94. The van der Waals surface area contributed by atoms with Crippen LogP contribution in [0.5, 0.6) is 0 Å². The van der Waals surface area contributed by atoms with E-state index in [1.165, 1.54) is 10.9 Å². The number of thiazole rings is 1. The molecule has 5 heteroatoms. The summed E-state index contributed by atoms with van der Waals surface area (Å²) in [6, 6.07) is 24.4. The molecule has 4 nitrogen and oxygen atoms in total. The third-order valence-electron chi connectivity index (χ3n) is 5.66. The zero-order chi connectivity index (χ0) is 22.1.